The molecule has 0 saturated heterocycles. The third kappa shape index (κ3) is 5.94. The summed E-state index contributed by atoms with van der Waals surface area (Å²) >= 11 is 5.61. The largest absolute Gasteiger partial charge is 0.488 e. The zero-order chi connectivity index (χ0) is 17.3. The van der Waals surface area contributed by atoms with Crippen LogP contribution in [0.2, 0.25) is 0 Å². The van der Waals surface area contributed by atoms with Gasteiger partial charge in [0.1, 0.15) is 12.4 Å². The van der Waals surface area contributed by atoms with Crippen molar-refractivity contribution in [2.45, 2.75) is 18.8 Å². The number of halogens is 1. The van der Waals surface area contributed by atoms with E-state index in [0.29, 0.717) is 6.61 Å². The van der Waals surface area contributed by atoms with Crippen molar-refractivity contribution in [3.05, 3.63) is 100 Å². The molecule has 25 heavy (non-hydrogen) atoms. The number of ether oxygens (including phenoxy) is 1. The van der Waals surface area contributed by atoms with Crippen LogP contribution in [0.5, 0.6) is 5.75 Å². The minimum absolute atomic E-state index is 0.589. The highest BCUT2D eigenvalue weighted by molar-refractivity contribution is 9.10. The standard InChI is InChI=1S/C22H21BrOS/c23-21-15-18(13-14-25-17-20-9-5-2-6-10-20)11-12-22(21)24-16-19-7-3-1-4-8-19/h1-12,15H,13-14,16-17H2. The zero-order valence-electron chi connectivity index (χ0n) is 14.0. The lowest BCUT2D eigenvalue weighted by atomic mass is 10.2. The Labute approximate surface area is 162 Å². The van der Waals surface area contributed by atoms with E-state index in [2.05, 4.69) is 76.6 Å². The maximum absolute atomic E-state index is 5.91. The normalized spacial score (nSPS) is 10.6. The smallest absolute Gasteiger partial charge is 0.134 e. The van der Waals surface area contributed by atoms with Crippen LogP contribution in [0.3, 0.4) is 0 Å². The van der Waals surface area contributed by atoms with Crippen LogP contribution in [-0.2, 0) is 18.8 Å². The molecule has 128 valence electrons. The van der Waals surface area contributed by atoms with Gasteiger partial charge in [-0.2, -0.15) is 11.8 Å². The highest BCUT2D eigenvalue weighted by Crippen LogP contribution is 2.27. The van der Waals surface area contributed by atoms with Crippen LogP contribution in [0, 0.1) is 0 Å². The second kappa shape index (κ2) is 9.69. The second-order valence-corrected chi connectivity index (χ2v) is 7.79. The lowest BCUT2D eigenvalue weighted by Gasteiger charge is -2.10. The van der Waals surface area contributed by atoms with Crippen molar-refractivity contribution in [2.75, 3.05) is 5.75 Å². The first-order valence-corrected chi connectivity index (χ1v) is 10.3. The average Bonchev–Trinajstić information content (AvgIpc) is 2.66. The summed E-state index contributed by atoms with van der Waals surface area (Å²) in [5.41, 5.74) is 3.90. The minimum atomic E-state index is 0.589. The molecule has 0 radical (unpaired) electrons. The number of hydrogen-bond donors (Lipinski definition) is 0. The fourth-order valence-corrected chi connectivity index (χ4v) is 4.00. The number of rotatable bonds is 8. The van der Waals surface area contributed by atoms with E-state index in [4.69, 9.17) is 4.74 Å². The SMILES string of the molecule is Brc1cc(CCSCc2ccccc2)ccc1OCc1ccccc1. The van der Waals surface area contributed by atoms with Gasteiger partial charge in [-0.3, -0.25) is 0 Å². The summed E-state index contributed by atoms with van der Waals surface area (Å²) in [5.74, 6) is 3.08. The average molecular weight is 413 g/mol. The van der Waals surface area contributed by atoms with E-state index in [-0.39, 0.29) is 0 Å². The Morgan fingerprint density at radius 2 is 1.44 bits per heavy atom. The monoisotopic (exact) mass is 412 g/mol. The van der Waals surface area contributed by atoms with Crippen molar-refractivity contribution in [1.82, 2.24) is 0 Å². The molecule has 0 bridgehead atoms. The molecule has 0 spiro atoms. The first-order chi connectivity index (χ1) is 12.3. The Kier molecular flexibility index (Phi) is 7.01. The van der Waals surface area contributed by atoms with Gasteiger partial charge in [0, 0.05) is 5.75 Å². The van der Waals surface area contributed by atoms with Crippen LogP contribution in [0.15, 0.2) is 83.3 Å². The summed E-state index contributed by atoms with van der Waals surface area (Å²) < 4.78 is 6.93. The van der Waals surface area contributed by atoms with E-state index in [1.165, 1.54) is 16.7 Å². The van der Waals surface area contributed by atoms with Gasteiger partial charge in [0.15, 0.2) is 0 Å². The molecule has 3 heteroatoms. The molecule has 0 fully saturated rings. The Balaban J connectivity index is 1.46. The summed E-state index contributed by atoms with van der Waals surface area (Å²) in [6.07, 6.45) is 1.06. The summed E-state index contributed by atoms with van der Waals surface area (Å²) in [6.45, 7) is 0.589. The highest BCUT2D eigenvalue weighted by atomic mass is 79.9. The molecule has 0 atom stereocenters. The molecular formula is C22H21BrOS. The van der Waals surface area contributed by atoms with E-state index in [1.54, 1.807) is 0 Å². The Morgan fingerprint density at radius 3 is 2.12 bits per heavy atom. The second-order valence-electron chi connectivity index (χ2n) is 5.83. The maximum Gasteiger partial charge on any atom is 0.134 e. The number of aryl methyl sites for hydroxylation is 1. The van der Waals surface area contributed by atoms with Gasteiger partial charge in [-0.05, 0) is 56.9 Å². The molecular weight excluding hydrogens is 392 g/mol. The Hall–Kier alpha value is -1.71. The van der Waals surface area contributed by atoms with Gasteiger partial charge in [-0.25, -0.2) is 0 Å². The molecule has 0 aliphatic carbocycles. The highest BCUT2D eigenvalue weighted by Gasteiger charge is 2.04. The molecule has 3 aromatic carbocycles. The van der Waals surface area contributed by atoms with Gasteiger partial charge in [0.2, 0.25) is 0 Å². The molecule has 0 aliphatic rings. The molecule has 3 aromatic rings. The van der Waals surface area contributed by atoms with Crippen LogP contribution in [0.25, 0.3) is 0 Å². The van der Waals surface area contributed by atoms with E-state index < -0.39 is 0 Å². The number of thioether (sulfide) groups is 1. The van der Waals surface area contributed by atoms with Gasteiger partial charge >= 0.3 is 0 Å². The molecule has 0 unspecified atom stereocenters. The number of benzene rings is 3. The third-order valence-corrected chi connectivity index (χ3v) is 5.53. The van der Waals surface area contributed by atoms with Gasteiger partial charge in [0.25, 0.3) is 0 Å². The molecule has 0 aromatic heterocycles. The van der Waals surface area contributed by atoms with Crippen LogP contribution in [0.1, 0.15) is 16.7 Å². The Morgan fingerprint density at radius 1 is 0.760 bits per heavy atom. The van der Waals surface area contributed by atoms with Crippen molar-refractivity contribution in [3.63, 3.8) is 0 Å². The Bertz CT molecular complexity index is 775. The number of hydrogen-bond acceptors (Lipinski definition) is 2. The summed E-state index contributed by atoms with van der Waals surface area (Å²) in [7, 11) is 0. The molecule has 0 heterocycles. The minimum Gasteiger partial charge on any atom is -0.488 e. The fraction of sp³-hybridized carbons (Fsp3) is 0.182. The van der Waals surface area contributed by atoms with Crippen LogP contribution in [-0.4, -0.2) is 5.75 Å². The van der Waals surface area contributed by atoms with E-state index in [1.807, 2.05) is 30.0 Å². The van der Waals surface area contributed by atoms with Crippen molar-refractivity contribution in [3.8, 4) is 5.75 Å². The van der Waals surface area contributed by atoms with E-state index in [9.17, 15) is 0 Å². The first-order valence-electron chi connectivity index (χ1n) is 8.38. The van der Waals surface area contributed by atoms with Gasteiger partial charge in [-0.15, -0.1) is 0 Å². The van der Waals surface area contributed by atoms with Crippen molar-refractivity contribution in [1.29, 1.82) is 0 Å². The predicted molar refractivity (Wildman–Crippen MR) is 111 cm³/mol. The van der Waals surface area contributed by atoms with Crippen LogP contribution >= 0.6 is 27.7 Å². The lowest BCUT2D eigenvalue weighted by molar-refractivity contribution is 0.304. The topological polar surface area (TPSA) is 9.23 Å². The van der Waals surface area contributed by atoms with Crippen molar-refractivity contribution < 1.29 is 4.74 Å². The molecule has 3 rings (SSSR count). The van der Waals surface area contributed by atoms with E-state index >= 15 is 0 Å². The quantitative estimate of drug-likeness (QED) is 0.390. The van der Waals surface area contributed by atoms with Gasteiger partial charge in [-0.1, -0.05) is 66.7 Å². The predicted octanol–water partition coefficient (Wildman–Crippen LogP) is 6.50. The van der Waals surface area contributed by atoms with Crippen LogP contribution < -0.4 is 4.74 Å². The van der Waals surface area contributed by atoms with Crippen molar-refractivity contribution >= 4 is 27.7 Å². The van der Waals surface area contributed by atoms with Gasteiger partial charge < -0.3 is 4.74 Å². The fourth-order valence-electron chi connectivity index (χ4n) is 2.51. The summed E-state index contributed by atoms with van der Waals surface area (Å²) in [6, 6.07) is 27.2. The molecule has 1 nitrogen and oxygen atoms in total. The molecule has 0 saturated carbocycles. The van der Waals surface area contributed by atoms with Crippen molar-refractivity contribution in [2.24, 2.45) is 0 Å². The maximum atomic E-state index is 5.91. The summed E-state index contributed by atoms with van der Waals surface area (Å²) in [5, 5.41) is 0. The zero-order valence-corrected chi connectivity index (χ0v) is 16.4. The third-order valence-electron chi connectivity index (χ3n) is 3.88. The lowest BCUT2D eigenvalue weighted by Crippen LogP contribution is -1.97. The van der Waals surface area contributed by atoms with Gasteiger partial charge in [0.05, 0.1) is 4.47 Å². The van der Waals surface area contributed by atoms with E-state index in [0.717, 1.165) is 28.1 Å². The van der Waals surface area contributed by atoms with Crippen LogP contribution in [0.4, 0.5) is 0 Å². The molecule has 0 aliphatic heterocycles. The summed E-state index contributed by atoms with van der Waals surface area (Å²) in [4.78, 5) is 0. The first kappa shape index (κ1) is 18.1. The molecule has 0 amide bonds. The molecule has 0 N–H and O–H groups in total.